The number of carboxylic acids is 2. The van der Waals surface area contributed by atoms with Crippen molar-refractivity contribution in [3.63, 3.8) is 0 Å². The van der Waals surface area contributed by atoms with Crippen LogP contribution in [0.25, 0.3) is 0 Å². The summed E-state index contributed by atoms with van der Waals surface area (Å²) in [6, 6.07) is 0. The van der Waals surface area contributed by atoms with Crippen molar-refractivity contribution < 1.29 is 30.0 Å². The van der Waals surface area contributed by atoms with Crippen molar-refractivity contribution in [2.75, 3.05) is 6.61 Å². The molecule has 6 heteroatoms. The van der Waals surface area contributed by atoms with Crippen molar-refractivity contribution >= 4 is 11.9 Å². The second-order valence-electron chi connectivity index (χ2n) is 2.48. The highest BCUT2D eigenvalue weighted by atomic mass is 16.4. The smallest absolute Gasteiger partial charge is 0.332 e. The van der Waals surface area contributed by atoms with Gasteiger partial charge in [-0.1, -0.05) is 6.92 Å². The summed E-state index contributed by atoms with van der Waals surface area (Å²) in [6.45, 7) is 1.57. The Morgan fingerprint density at radius 1 is 1.29 bits per heavy atom. The van der Waals surface area contributed by atoms with Crippen LogP contribution in [0.15, 0.2) is 0 Å². The largest absolute Gasteiger partial charge is 0.481 e. The van der Waals surface area contributed by atoms with Crippen molar-refractivity contribution in [3.8, 4) is 0 Å². The molecule has 0 bridgehead atoms. The Hall–Kier alpha value is -1.14. The lowest BCUT2D eigenvalue weighted by Gasteiger charge is -1.95. The zero-order valence-electron chi connectivity index (χ0n) is 8.01. The van der Waals surface area contributed by atoms with Gasteiger partial charge in [0.25, 0.3) is 0 Å². The number of hydrogen-bond acceptors (Lipinski definition) is 4. The predicted octanol–water partition coefficient (Wildman–Crippen LogP) is -0.315. The maximum atomic E-state index is 9.68. The fourth-order valence-corrected chi connectivity index (χ4v) is 0.405. The highest BCUT2D eigenvalue weighted by molar-refractivity contribution is 5.71. The molecule has 0 radical (unpaired) electrons. The molecule has 0 amide bonds. The molecule has 0 saturated carbocycles. The summed E-state index contributed by atoms with van der Waals surface area (Å²) in [4.78, 5) is 19.3. The van der Waals surface area contributed by atoms with Crippen molar-refractivity contribution in [2.24, 2.45) is 0 Å². The molecule has 0 aliphatic heterocycles. The van der Waals surface area contributed by atoms with Gasteiger partial charge in [0.1, 0.15) is 0 Å². The summed E-state index contributed by atoms with van der Waals surface area (Å²) < 4.78 is 0. The highest BCUT2D eigenvalue weighted by Crippen LogP contribution is 1.86. The first-order valence-electron chi connectivity index (χ1n) is 4.19. The van der Waals surface area contributed by atoms with Gasteiger partial charge in [-0.2, -0.15) is 0 Å². The van der Waals surface area contributed by atoms with E-state index in [0.717, 1.165) is 0 Å². The van der Waals surface area contributed by atoms with Gasteiger partial charge in [0.15, 0.2) is 6.10 Å². The van der Waals surface area contributed by atoms with Crippen molar-refractivity contribution in [1.29, 1.82) is 0 Å². The van der Waals surface area contributed by atoms with E-state index in [1.165, 1.54) is 0 Å². The summed E-state index contributed by atoms with van der Waals surface area (Å²) in [5, 5.41) is 32.3. The Kier molecular flexibility index (Phi) is 10.9. The minimum absolute atomic E-state index is 0.0354. The van der Waals surface area contributed by atoms with Gasteiger partial charge in [0.05, 0.1) is 0 Å². The van der Waals surface area contributed by atoms with Gasteiger partial charge in [-0.3, -0.25) is 4.79 Å². The number of aliphatic hydroxyl groups excluding tert-OH is 2. The maximum Gasteiger partial charge on any atom is 0.332 e. The average Bonchev–Trinajstić information content (AvgIpc) is 2.14. The zero-order valence-corrected chi connectivity index (χ0v) is 8.01. The molecule has 0 heterocycles. The third-order valence-electron chi connectivity index (χ3n) is 1.22. The van der Waals surface area contributed by atoms with Crippen LogP contribution in [0.3, 0.4) is 0 Å². The van der Waals surface area contributed by atoms with Gasteiger partial charge in [0.2, 0.25) is 0 Å². The number of carbonyl (C=O) groups is 2. The Bertz CT molecular complexity index is 167. The number of aliphatic carboxylic acids is 2. The molecule has 4 N–H and O–H groups in total. The summed E-state index contributed by atoms with van der Waals surface area (Å²) in [7, 11) is 0. The number of rotatable bonds is 5. The highest BCUT2D eigenvalue weighted by Gasteiger charge is 2.07. The lowest BCUT2D eigenvalue weighted by molar-refractivity contribution is -0.146. The first-order valence-corrected chi connectivity index (χ1v) is 4.19. The maximum absolute atomic E-state index is 9.68. The van der Waals surface area contributed by atoms with E-state index in [2.05, 4.69) is 0 Å². The number of carboxylic acid groups (broad SMARTS) is 2. The number of aliphatic hydroxyl groups is 2. The molecule has 6 nitrogen and oxygen atoms in total. The van der Waals surface area contributed by atoms with Gasteiger partial charge in [-0.15, -0.1) is 0 Å². The second-order valence-corrected chi connectivity index (χ2v) is 2.48. The van der Waals surface area contributed by atoms with E-state index >= 15 is 0 Å². The molecule has 0 aromatic rings. The van der Waals surface area contributed by atoms with Crippen LogP contribution in [0.5, 0.6) is 0 Å². The molecule has 1 atom stereocenters. The first kappa shape index (κ1) is 15.3. The Morgan fingerprint density at radius 2 is 1.79 bits per heavy atom. The monoisotopic (exact) mass is 208 g/mol. The number of hydrogen-bond donors (Lipinski definition) is 4. The van der Waals surface area contributed by atoms with Crippen molar-refractivity contribution in [2.45, 2.75) is 32.3 Å². The Labute approximate surface area is 81.8 Å². The average molecular weight is 208 g/mol. The molecule has 0 spiro atoms. The van der Waals surface area contributed by atoms with Crippen molar-refractivity contribution in [3.05, 3.63) is 0 Å². The SMILES string of the molecule is CCC(O)C(=O)O.O=C(O)CCCO. The first-order chi connectivity index (χ1) is 6.45. The topological polar surface area (TPSA) is 115 Å². The van der Waals surface area contributed by atoms with Gasteiger partial charge in [0, 0.05) is 13.0 Å². The summed E-state index contributed by atoms with van der Waals surface area (Å²) in [5.74, 6) is -2.00. The van der Waals surface area contributed by atoms with Crippen molar-refractivity contribution in [1.82, 2.24) is 0 Å². The summed E-state index contributed by atoms with van der Waals surface area (Å²) >= 11 is 0. The van der Waals surface area contributed by atoms with E-state index in [9.17, 15) is 9.59 Å². The van der Waals surface area contributed by atoms with E-state index < -0.39 is 18.0 Å². The van der Waals surface area contributed by atoms with E-state index in [1.54, 1.807) is 6.92 Å². The lowest BCUT2D eigenvalue weighted by Crippen LogP contribution is -2.17. The van der Waals surface area contributed by atoms with Gasteiger partial charge in [-0.05, 0) is 12.8 Å². The van der Waals surface area contributed by atoms with Crippen LogP contribution < -0.4 is 0 Å². The molecule has 0 aromatic carbocycles. The summed E-state index contributed by atoms with van der Waals surface area (Å²) in [5.41, 5.74) is 0. The Balaban J connectivity index is 0. The fourth-order valence-electron chi connectivity index (χ4n) is 0.405. The van der Waals surface area contributed by atoms with Crippen LogP contribution in [0, 0.1) is 0 Å². The summed E-state index contributed by atoms with van der Waals surface area (Å²) in [6.07, 6.45) is -0.485. The van der Waals surface area contributed by atoms with E-state index in [1.807, 2.05) is 0 Å². The molecular weight excluding hydrogens is 192 g/mol. The zero-order chi connectivity index (χ0) is 11.6. The standard InChI is InChI=1S/2C4H8O3/c1-2-3(5)4(6)7;5-3-1-2-4(6)7/h3,5H,2H2,1H3,(H,6,7);5H,1-3H2,(H,6,7). The van der Waals surface area contributed by atoms with Gasteiger partial charge in [-0.25, -0.2) is 4.79 Å². The minimum Gasteiger partial charge on any atom is -0.481 e. The Morgan fingerprint density at radius 3 is 1.86 bits per heavy atom. The molecule has 0 aliphatic rings. The minimum atomic E-state index is -1.18. The quantitative estimate of drug-likeness (QED) is 0.492. The van der Waals surface area contributed by atoms with Crippen LogP contribution in [0.1, 0.15) is 26.2 Å². The van der Waals surface area contributed by atoms with E-state index in [0.29, 0.717) is 6.42 Å². The predicted molar refractivity (Wildman–Crippen MR) is 47.9 cm³/mol. The van der Waals surface area contributed by atoms with Gasteiger partial charge >= 0.3 is 11.9 Å². The van der Waals surface area contributed by atoms with Crippen LogP contribution in [0.4, 0.5) is 0 Å². The molecule has 0 aliphatic carbocycles. The lowest BCUT2D eigenvalue weighted by atomic mass is 10.3. The van der Waals surface area contributed by atoms with Crippen LogP contribution in [-0.2, 0) is 9.59 Å². The van der Waals surface area contributed by atoms with E-state index in [-0.39, 0.29) is 19.4 Å². The molecule has 14 heavy (non-hydrogen) atoms. The fraction of sp³-hybridized carbons (Fsp3) is 0.750. The second kappa shape index (κ2) is 9.94. The normalized spacial score (nSPS) is 11.1. The van der Waals surface area contributed by atoms with E-state index in [4.69, 9.17) is 20.4 Å². The van der Waals surface area contributed by atoms with Crippen LogP contribution in [0.2, 0.25) is 0 Å². The molecule has 1 unspecified atom stereocenters. The third-order valence-corrected chi connectivity index (χ3v) is 1.22. The molecule has 0 saturated heterocycles. The van der Waals surface area contributed by atoms with Gasteiger partial charge < -0.3 is 20.4 Å². The molecule has 0 fully saturated rings. The third kappa shape index (κ3) is 13.4. The van der Waals surface area contributed by atoms with Crippen LogP contribution in [-0.4, -0.2) is 45.1 Å². The molecular formula is C8H16O6. The molecule has 0 aromatic heterocycles. The molecule has 84 valence electrons. The van der Waals surface area contributed by atoms with Crippen LogP contribution >= 0.6 is 0 Å². The molecule has 0 rings (SSSR count).